The van der Waals surface area contributed by atoms with Crippen LogP contribution < -0.4 is 0 Å². The Morgan fingerprint density at radius 2 is 1.67 bits per heavy atom. The summed E-state index contributed by atoms with van der Waals surface area (Å²) in [5.74, 6) is 0.490. The third-order valence-corrected chi connectivity index (χ3v) is 4.57. The summed E-state index contributed by atoms with van der Waals surface area (Å²) < 4.78 is 0. The number of fused-ring (bicyclic) bond motifs is 1. The van der Waals surface area contributed by atoms with Crippen molar-refractivity contribution in [2.75, 3.05) is 13.1 Å². The van der Waals surface area contributed by atoms with Gasteiger partial charge in [-0.1, -0.05) is 24.3 Å². The zero-order valence-electron chi connectivity index (χ0n) is 10.4. The van der Waals surface area contributed by atoms with E-state index < -0.39 is 0 Å². The Balaban J connectivity index is 1.65. The lowest BCUT2D eigenvalue weighted by Gasteiger charge is -2.31. The van der Waals surface area contributed by atoms with Crippen LogP contribution in [0.2, 0.25) is 0 Å². The number of piperidine rings is 1. The van der Waals surface area contributed by atoms with Crippen LogP contribution in [0.25, 0.3) is 0 Å². The van der Waals surface area contributed by atoms with Crippen molar-refractivity contribution in [1.82, 2.24) is 4.90 Å². The average Bonchev–Trinajstić information content (AvgIpc) is 2.82. The van der Waals surface area contributed by atoms with Crippen molar-refractivity contribution in [3.8, 4) is 0 Å². The Bertz CT molecular complexity index is 427. The molecule has 0 spiro atoms. The molecule has 3 heteroatoms. The summed E-state index contributed by atoms with van der Waals surface area (Å²) in [6, 6.07) is 8.41. The van der Waals surface area contributed by atoms with Crippen LogP contribution in [0.3, 0.4) is 0 Å². The maximum absolute atomic E-state index is 12.5. The van der Waals surface area contributed by atoms with Gasteiger partial charge in [0, 0.05) is 24.4 Å². The maximum atomic E-state index is 12.5. The van der Waals surface area contributed by atoms with E-state index in [0.29, 0.717) is 5.91 Å². The van der Waals surface area contributed by atoms with Gasteiger partial charge in [-0.3, -0.25) is 4.79 Å². The number of hydrogen-bond donors (Lipinski definition) is 0. The topological polar surface area (TPSA) is 20.3 Å². The number of halogens is 1. The highest BCUT2D eigenvalue weighted by molar-refractivity contribution is 6.20. The smallest absolute Gasteiger partial charge is 0.226 e. The molecule has 1 aliphatic carbocycles. The fraction of sp³-hybridized carbons (Fsp3) is 0.533. The molecule has 0 atom stereocenters. The summed E-state index contributed by atoms with van der Waals surface area (Å²) in [5.41, 5.74) is 2.70. The normalized spacial score (nSPS) is 21.1. The number of amides is 1. The molecular weight excluding hydrogens is 246 g/mol. The molecule has 1 amide bonds. The van der Waals surface area contributed by atoms with Crippen LogP contribution in [-0.4, -0.2) is 29.3 Å². The van der Waals surface area contributed by atoms with Gasteiger partial charge in [0.15, 0.2) is 0 Å². The number of alkyl halides is 1. The van der Waals surface area contributed by atoms with Crippen molar-refractivity contribution in [3.63, 3.8) is 0 Å². The van der Waals surface area contributed by atoms with Crippen molar-refractivity contribution >= 4 is 17.5 Å². The molecule has 1 aromatic rings. The lowest BCUT2D eigenvalue weighted by molar-refractivity contribution is -0.136. The first-order valence-electron chi connectivity index (χ1n) is 6.73. The Kier molecular flexibility index (Phi) is 3.29. The van der Waals surface area contributed by atoms with E-state index in [1.54, 1.807) is 0 Å². The van der Waals surface area contributed by atoms with Crippen LogP contribution >= 0.6 is 11.6 Å². The van der Waals surface area contributed by atoms with Gasteiger partial charge in [0.1, 0.15) is 0 Å². The number of benzene rings is 1. The van der Waals surface area contributed by atoms with Crippen molar-refractivity contribution < 1.29 is 4.79 Å². The second-order valence-corrected chi connectivity index (χ2v) is 5.99. The van der Waals surface area contributed by atoms with Crippen molar-refractivity contribution in [2.24, 2.45) is 5.92 Å². The third-order valence-electron chi connectivity index (χ3n) is 4.14. The molecular formula is C15H18ClNO. The summed E-state index contributed by atoms with van der Waals surface area (Å²) >= 11 is 6.08. The highest BCUT2D eigenvalue weighted by Crippen LogP contribution is 2.29. The van der Waals surface area contributed by atoms with Crippen LogP contribution in [0, 0.1) is 5.92 Å². The van der Waals surface area contributed by atoms with Gasteiger partial charge in [0.05, 0.1) is 0 Å². The van der Waals surface area contributed by atoms with Gasteiger partial charge in [-0.05, 0) is 36.8 Å². The Hall–Kier alpha value is -1.02. The fourth-order valence-corrected chi connectivity index (χ4v) is 3.26. The van der Waals surface area contributed by atoms with Gasteiger partial charge in [-0.25, -0.2) is 0 Å². The molecule has 0 radical (unpaired) electrons. The van der Waals surface area contributed by atoms with Crippen molar-refractivity contribution in [3.05, 3.63) is 35.4 Å². The standard InChI is InChI=1S/C15H18ClNO/c16-14-5-7-17(8-6-14)15(18)13-9-11-3-1-2-4-12(11)10-13/h1-4,13-14H,5-10H2. The molecule has 96 valence electrons. The molecule has 3 rings (SSSR count). The first kappa shape index (κ1) is 12.0. The molecule has 0 saturated carbocycles. The van der Waals surface area contributed by atoms with E-state index in [1.165, 1.54) is 11.1 Å². The molecule has 0 N–H and O–H groups in total. The second kappa shape index (κ2) is 4.93. The molecule has 1 aliphatic heterocycles. The average molecular weight is 264 g/mol. The summed E-state index contributed by atoms with van der Waals surface area (Å²) in [5, 5.41) is 0.259. The molecule has 2 nitrogen and oxygen atoms in total. The predicted molar refractivity (Wildman–Crippen MR) is 72.8 cm³/mol. The lowest BCUT2D eigenvalue weighted by Crippen LogP contribution is -2.42. The minimum atomic E-state index is 0.161. The van der Waals surface area contributed by atoms with Gasteiger partial charge in [0.2, 0.25) is 5.91 Å². The van der Waals surface area contributed by atoms with Gasteiger partial charge in [0.25, 0.3) is 0 Å². The summed E-state index contributed by atoms with van der Waals surface area (Å²) in [4.78, 5) is 14.5. The molecule has 0 unspecified atom stereocenters. The predicted octanol–water partition coefficient (Wildman–Crippen LogP) is 2.63. The Labute approximate surface area is 113 Å². The van der Waals surface area contributed by atoms with Crippen LogP contribution in [0.4, 0.5) is 0 Å². The zero-order chi connectivity index (χ0) is 12.5. The van der Waals surface area contributed by atoms with Crippen LogP contribution in [0.1, 0.15) is 24.0 Å². The molecule has 0 bridgehead atoms. The van der Waals surface area contributed by atoms with Crippen LogP contribution in [0.15, 0.2) is 24.3 Å². The number of hydrogen-bond acceptors (Lipinski definition) is 1. The van der Waals surface area contributed by atoms with Gasteiger partial charge in [-0.2, -0.15) is 0 Å². The minimum absolute atomic E-state index is 0.161. The molecule has 1 aromatic carbocycles. The van der Waals surface area contributed by atoms with E-state index in [-0.39, 0.29) is 11.3 Å². The highest BCUT2D eigenvalue weighted by atomic mass is 35.5. The molecule has 1 saturated heterocycles. The molecule has 1 heterocycles. The lowest BCUT2D eigenvalue weighted by atomic mass is 10.0. The summed E-state index contributed by atoms with van der Waals surface area (Å²) in [6.07, 6.45) is 3.70. The SMILES string of the molecule is O=C(C1Cc2ccccc2C1)N1CCC(Cl)CC1. The largest absolute Gasteiger partial charge is 0.342 e. The van der Waals surface area contributed by atoms with Gasteiger partial charge >= 0.3 is 0 Å². The number of rotatable bonds is 1. The van der Waals surface area contributed by atoms with Gasteiger partial charge < -0.3 is 4.90 Å². The van der Waals surface area contributed by atoms with Crippen molar-refractivity contribution in [1.29, 1.82) is 0 Å². The monoisotopic (exact) mass is 263 g/mol. The quantitative estimate of drug-likeness (QED) is 0.714. The first-order valence-corrected chi connectivity index (χ1v) is 7.17. The molecule has 1 fully saturated rings. The number of nitrogens with zero attached hydrogens (tertiary/aromatic N) is 1. The molecule has 18 heavy (non-hydrogen) atoms. The Morgan fingerprint density at radius 3 is 2.22 bits per heavy atom. The van der Waals surface area contributed by atoms with E-state index in [0.717, 1.165) is 38.8 Å². The van der Waals surface area contributed by atoms with Crippen molar-refractivity contribution in [2.45, 2.75) is 31.1 Å². The first-order chi connectivity index (χ1) is 8.74. The number of likely N-dealkylation sites (tertiary alicyclic amines) is 1. The van der Waals surface area contributed by atoms with E-state index in [2.05, 4.69) is 24.3 Å². The van der Waals surface area contributed by atoms with E-state index >= 15 is 0 Å². The Morgan fingerprint density at radius 1 is 1.11 bits per heavy atom. The summed E-state index contributed by atoms with van der Waals surface area (Å²) in [6.45, 7) is 1.67. The van der Waals surface area contributed by atoms with E-state index in [4.69, 9.17) is 11.6 Å². The van der Waals surface area contributed by atoms with Gasteiger partial charge in [-0.15, -0.1) is 11.6 Å². The maximum Gasteiger partial charge on any atom is 0.226 e. The fourth-order valence-electron chi connectivity index (χ4n) is 3.06. The van der Waals surface area contributed by atoms with Crippen LogP contribution in [-0.2, 0) is 17.6 Å². The van der Waals surface area contributed by atoms with Crippen LogP contribution in [0.5, 0.6) is 0 Å². The minimum Gasteiger partial charge on any atom is -0.342 e. The summed E-state index contributed by atoms with van der Waals surface area (Å²) in [7, 11) is 0. The highest BCUT2D eigenvalue weighted by Gasteiger charge is 2.31. The second-order valence-electron chi connectivity index (χ2n) is 5.37. The molecule has 0 aromatic heterocycles. The number of carbonyl (C=O) groups excluding carboxylic acids is 1. The zero-order valence-corrected chi connectivity index (χ0v) is 11.2. The number of carbonyl (C=O) groups is 1. The third kappa shape index (κ3) is 2.26. The van der Waals surface area contributed by atoms with E-state index in [1.807, 2.05) is 4.90 Å². The van der Waals surface area contributed by atoms with E-state index in [9.17, 15) is 4.79 Å². The molecule has 2 aliphatic rings.